The standard InChI is InChI=1S/C31H29ClFN3O4S/c1-34-31(38)29(20-23-10-4-2-5-11-23)35(21-24-12-8-9-15-28(24)32)30(37)22-36(26-13-6-3-7-14-26)41(39,40)27-18-16-25(33)17-19-27/h2-19,29H,20-22H2,1H3,(H,34,38). The number of benzene rings is 4. The smallest absolute Gasteiger partial charge is 0.264 e. The molecule has 1 N–H and O–H groups in total. The maximum atomic E-state index is 14.2. The molecule has 7 nitrogen and oxygen atoms in total. The van der Waals surface area contributed by atoms with Gasteiger partial charge in [-0.25, -0.2) is 12.8 Å². The van der Waals surface area contributed by atoms with E-state index in [1.807, 2.05) is 30.3 Å². The van der Waals surface area contributed by atoms with Crippen molar-refractivity contribution >= 4 is 39.1 Å². The van der Waals surface area contributed by atoms with Crippen LogP contribution in [0.25, 0.3) is 0 Å². The Labute approximate surface area is 244 Å². The van der Waals surface area contributed by atoms with Gasteiger partial charge in [-0.05, 0) is 53.6 Å². The van der Waals surface area contributed by atoms with Crippen LogP contribution in [0.1, 0.15) is 11.1 Å². The summed E-state index contributed by atoms with van der Waals surface area (Å²) in [6.45, 7) is -0.654. The van der Waals surface area contributed by atoms with E-state index in [4.69, 9.17) is 11.6 Å². The molecule has 4 rings (SSSR count). The van der Waals surface area contributed by atoms with Crippen LogP contribution in [-0.2, 0) is 32.6 Å². The first-order valence-corrected chi connectivity index (χ1v) is 14.6. The third kappa shape index (κ3) is 7.31. The lowest BCUT2D eigenvalue weighted by Crippen LogP contribution is -2.53. The third-order valence-electron chi connectivity index (χ3n) is 6.54. The van der Waals surface area contributed by atoms with Gasteiger partial charge in [0.25, 0.3) is 10.0 Å². The van der Waals surface area contributed by atoms with Gasteiger partial charge in [-0.2, -0.15) is 0 Å². The molecule has 0 heterocycles. The van der Waals surface area contributed by atoms with Crippen molar-refractivity contribution in [3.63, 3.8) is 0 Å². The van der Waals surface area contributed by atoms with E-state index in [0.29, 0.717) is 10.6 Å². The number of carbonyl (C=O) groups is 2. The predicted octanol–water partition coefficient (Wildman–Crippen LogP) is 5.06. The predicted molar refractivity (Wildman–Crippen MR) is 157 cm³/mol. The van der Waals surface area contributed by atoms with Gasteiger partial charge >= 0.3 is 0 Å². The van der Waals surface area contributed by atoms with E-state index in [2.05, 4.69) is 5.32 Å². The van der Waals surface area contributed by atoms with Gasteiger partial charge in [-0.1, -0.05) is 78.3 Å². The molecule has 4 aromatic rings. The van der Waals surface area contributed by atoms with E-state index >= 15 is 0 Å². The number of halogens is 2. The molecule has 1 unspecified atom stereocenters. The molecule has 212 valence electrons. The maximum Gasteiger partial charge on any atom is 0.264 e. The summed E-state index contributed by atoms with van der Waals surface area (Å²) in [4.78, 5) is 28.6. The Morgan fingerprint density at radius 3 is 2.05 bits per heavy atom. The second-order valence-electron chi connectivity index (χ2n) is 9.23. The van der Waals surface area contributed by atoms with Crippen molar-refractivity contribution < 1.29 is 22.4 Å². The number of nitrogens with one attached hydrogen (secondary N) is 1. The number of carbonyl (C=O) groups excluding carboxylic acids is 2. The molecule has 0 saturated carbocycles. The lowest BCUT2D eigenvalue weighted by molar-refractivity contribution is -0.139. The molecule has 0 radical (unpaired) electrons. The fourth-order valence-electron chi connectivity index (χ4n) is 4.39. The number of amides is 2. The molecule has 4 aromatic carbocycles. The molecule has 41 heavy (non-hydrogen) atoms. The second kappa shape index (κ2) is 13.4. The van der Waals surface area contributed by atoms with Crippen LogP contribution in [0.3, 0.4) is 0 Å². The first-order chi connectivity index (χ1) is 19.7. The Morgan fingerprint density at radius 1 is 0.854 bits per heavy atom. The molecule has 0 aliphatic carbocycles. The van der Waals surface area contributed by atoms with Crippen LogP contribution < -0.4 is 9.62 Å². The van der Waals surface area contributed by atoms with Crippen molar-refractivity contribution in [2.45, 2.75) is 23.9 Å². The lowest BCUT2D eigenvalue weighted by Gasteiger charge is -2.33. The summed E-state index contributed by atoms with van der Waals surface area (Å²) in [6.07, 6.45) is 0.187. The quantitative estimate of drug-likeness (QED) is 0.263. The molecule has 0 saturated heterocycles. The highest BCUT2D eigenvalue weighted by molar-refractivity contribution is 7.92. The minimum absolute atomic E-state index is 0.0390. The van der Waals surface area contributed by atoms with Crippen molar-refractivity contribution in [2.24, 2.45) is 0 Å². The summed E-state index contributed by atoms with van der Waals surface area (Å²) < 4.78 is 42.2. The van der Waals surface area contributed by atoms with Crippen LogP contribution in [0, 0.1) is 5.82 Å². The van der Waals surface area contributed by atoms with Gasteiger partial charge in [0, 0.05) is 25.0 Å². The average Bonchev–Trinajstić information content (AvgIpc) is 2.99. The summed E-state index contributed by atoms with van der Waals surface area (Å²) in [5.74, 6) is -1.63. The number of hydrogen-bond acceptors (Lipinski definition) is 4. The van der Waals surface area contributed by atoms with Gasteiger partial charge in [-0.15, -0.1) is 0 Å². The SMILES string of the molecule is CNC(=O)C(Cc1ccccc1)N(Cc1ccccc1Cl)C(=O)CN(c1ccccc1)S(=O)(=O)c1ccc(F)cc1. The summed E-state index contributed by atoms with van der Waals surface area (Å²) in [7, 11) is -2.82. The largest absolute Gasteiger partial charge is 0.357 e. The molecule has 0 aliphatic rings. The Kier molecular flexibility index (Phi) is 9.75. The van der Waals surface area contributed by atoms with E-state index in [-0.39, 0.29) is 23.5 Å². The highest BCUT2D eigenvalue weighted by Gasteiger charge is 2.34. The van der Waals surface area contributed by atoms with Crippen LogP contribution in [0.15, 0.2) is 114 Å². The molecule has 0 aromatic heterocycles. The normalized spacial score (nSPS) is 11.9. The summed E-state index contributed by atoms with van der Waals surface area (Å²) >= 11 is 6.44. The van der Waals surface area contributed by atoms with Crippen LogP contribution in [0.5, 0.6) is 0 Å². The van der Waals surface area contributed by atoms with Crippen LogP contribution in [0.2, 0.25) is 5.02 Å². The van der Waals surface area contributed by atoms with Crippen LogP contribution in [-0.4, -0.2) is 44.8 Å². The Bertz CT molecular complexity index is 1590. The Morgan fingerprint density at radius 2 is 1.44 bits per heavy atom. The van der Waals surface area contributed by atoms with E-state index in [9.17, 15) is 22.4 Å². The summed E-state index contributed by atoms with van der Waals surface area (Å²) in [5.41, 5.74) is 1.65. The zero-order chi connectivity index (χ0) is 29.4. The number of para-hydroxylation sites is 1. The Balaban J connectivity index is 1.78. The van der Waals surface area contributed by atoms with E-state index in [0.717, 1.165) is 34.1 Å². The summed E-state index contributed by atoms with van der Waals surface area (Å²) in [6, 6.07) is 27.7. The maximum absolute atomic E-state index is 14.2. The van der Waals surface area contributed by atoms with Crippen LogP contribution >= 0.6 is 11.6 Å². The molecular formula is C31H29ClFN3O4S. The van der Waals surface area contributed by atoms with Gasteiger partial charge in [0.2, 0.25) is 11.8 Å². The molecule has 0 fully saturated rings. The number of likely N-dealkylation sites (N-methyl/N-ethyl adjacent to an activating group) is 1. The highest BCUT2D eigenvalue weighted by Crippen LogP contribution is 2.26. The van der Waals surface area contributed by atoms with E-state index < -0.39 is 40.2 Å². The lowest BCUT2D eigenvalue weighted by atomic mass is 10.0. The fraction of sp³-hybridized carbons (Fsp3) is 0.161. The topological polar surface area (TPSA) is 86.8 Å². The van der Waals surface area contributed by atoms with E-state index in [1.54, 1.807) is 54.6 Å². The van der Waals surface area contributed by atoms with Crippen molar-refractivity contribution in [2.75, 3.05) is 17.9 Å². The zero-order valence-electron chi connectivity index (χ0n) is 22.3. The molecule has 0 bridgehead atoms. The van der Waals surface area contributed by atoms with Gasteiger partial charge in [0.15, 0.2) is 0 Å². The fourth-order valence-corrected chi connectivity index (χ4v) is 6.00. The van der Waals surface area contributed by atoms with Gasteiger partial charge in [0.05, 0.1) is 10.6 Å². The second-order valence-corrected chi connectivity index (χ2v) is 11.5. The van der Waals surface area contributed by atoms with Crippen molar-refractivity contribution in [3.05, 3.63) is 131 Å². The third-order valence-corrected chi connectivity index (χ3v) is 8.70. The van der Waals surface area contributed by atoms with Gasteiger partial charge in [0.1, 0.15) is 18.4 Å². The monoisotopic (exact) mass is 593 g/mol. The van der Waals surface area contributed by atoms with Gasteiger partial charge in [-0.3, -0.25) is 13.9 Å². The Hall–Kier alpha value is -4.21. The van der Waals surface area contributed by atoms with E-state index in [1.165, 1.54) is 11.9 Å². The number of sulfonamides is 1. The zero-order valence-corrected chi connectivity index (χ0v) is 23.9. The minimum atomic E-state index is -4.30. The van der Waals surface area contributed by atoms with Crippen molar-refractivity contribution in [1.82, 2.24) is 10.2 Å². The van der Waals surface area contributed by atoms with Crippen molar-refractivity contribution in [1.29, 1.82) is 0 Å². The molecule has 1 atom stereocenters. The number of hydrogen-bond donors (Lipinski definition) is 1. The highest BCUT2D eigenvalue weighted by atomic mass is 35.5. The minimum Gasteiger partial charge on any atom is -0.357 e. The molecule has 10 heteroatoms. The first-order valence-electron chi connectivity index (χ1n) is 12.8. The molecule has 2 amide bonds. The molecular weight excluding hydrogens is 565 g/mol. The number of anilines is 1. The summed E-state index contributed by atoms with van der Waals surface area (Å²) in [5, 5.41) is 3.04. The number of rotatable bonds is 11. The number of nitrogens with zero attached hydrogens (tertiary/aromatic N) is 2. The molecule has 0 spiro atoms. The first kappa shape index (κ1) is 29.8. The molecule has 0 aliphatic heterocycles. The van der Waals surface area contributed by atoms with Gasteiger partial charge < -0.3 is 10.2 Å². The van der Waals surface area contributed by atoms with Crippen molar-refractivity contribution in [3.8, 4) is 0 Å². The average molecular weight is 594 g/mol. The van der Waals surface area contributed by atoms with Crippen LogP contribution in [0.4, 0.5) is 10.1 Å².